The molecule has 0 spiro atoms. The van der Waals surface area contributed by atoms with E-state index in [2.05, 4.69) is 0 Å². The molecule has 2 heteroatoms. The summed E-state index contributed by atoms with van der Waals surface area (Å²) >= 11 is 0. The van der Waals surface area contributed by atoms with Gasteiger partial charge in [-0.25, -0.2) is 0 Å². The number of carbonyl (C=O) groups excluding carboxylic acids is 1. The normalized spacial score (nSPS) is 15.4. The lowest BCUT2D eigenvalue weighted by Gasteiger charge is -2.31. The number of aliphatic hydroxyl groups is 1. The number of Topliss-reactive ketones (excluding diaryl/α,β-unsaturated/α-hetero) is 1. The predicted octanol–water partition coefficient (Wildman–Crippen LogP) is 3.30. The van der Waals surface area contributed by atoms with Crippen molar-refractivity contribution in [2.75, 3.05) is 0 Å². The van der Waals surface area contributed by atoms with Gasteiger partial charge in [0, 0.05) is 11.5 Å². The Kier molecular flexibility index (Phi) is 4.47. The average molecular weight is 234 g/mol. The molecule has 1 N–H and O–H groups in total. The number of aliphatic hydroxyl groups excluding tert-OH is 1. The molecule has 0 radical (unpaired) electrons. The van der Waals surface area contributed by atoms with Gasteiger partial charge in [0.25, 0.3) is 0 Å². The summed E-state index contributed by atoms with van der Waals surface area (Å²) in [5, 5.41) is 10.3. The molecule has 0 bridgehead atoms. The molecule has 2 nitrogen and oxygen atoms in total. The maximum absolute atomic E-state index is 12.3. The third-order valence-corrected chi connectivity index (χ3v) is 3.10. The second-order valence-corrected chi connectivity index (χ2v) is 5.56. The molecule has 1 aromatic carbocycles. The van der Waals surface area contributed by atoms with Crippen LogP contribution in [0.1, 0.15) is 44.5 Å². The first kappa shape index (κ1) is 13.9. The van der Waals surface area contributed by atoms with Crippen molar-refractivity contribution in [1.29, 1.82) is 0 Å². The van der Waals surface area contributed by atoms with Crippen molar-refractivity contribution in [3.05, 3.63) is 35.9 Å². The molecule has 0 unspecified atom stereocenters. The third-order valence-electron chi connectivity index (χ3n) is 3.10. The monoisotopic (exact) mass is 234 g/mol. The van der Waals surface area contributed by atoms with E-state index in [-0.39, 0.29) is 17.1 Å². The highest BCUT2D eigenvalue weighted by molar-refractivity contribution is 5.98. The second-order valence-electron chi connectivity index (χ2n) is 5.56. The van der Waals surface area contributed by atoms with Crippen LogP contribution in [0.4, 0.5) is 0 Å². The van der Waals surface area contributed by atoms with Crippen molar-refractivity contribution >= 4 is 5.78 Å². The van der Waals surface area contributed by atoms with E-state index >= 15 is 0 Å². The largest absolute Gasteiger partial charge is 0.392 e. The van der Waals surface area contributed by atoms with Crippen molar-refractivity contribution < 1.29 is 9.90 Å². The fraction of sp³-hybridized carbons (Fsp3) is 0.533. The van der Waals surface area contributed by atoms with Crippen LogP contribution in [0, 0.1) is 11.3 Å². The minimum atomic E-state index is -0.611. The Labute approximate surface area is 104 Å². The van der Waals surface area contributed by atoms with E-state index in [1.807, 2.05) is 45.9 Å². The molecule has 0 saturated heterocycles. The summed E-state index contributed by atoms with van der Waals surface area (Å²) in [5.74, 6) is -0.284. The maximum atomic E-state index is 12.3. The number of carbonyl (C=O) groups is 1. The minimum Gasteiger partial charge on any atom is -0.392 e. The van der Waals surface area contributed by atoms with Crippen LogP contribution in [-0.4, -0.2) is 17.0 Å². The molecule has 0 heterocycles. The number of rotatable bonds is 4. The van der Waals surface area contributed by atoms with Gasteiger partial charge in [-0.05, 0) is 11.8 Å². The minimum absolute atomic E-state index is 0.0375. The number of ketones is 1. The second kappa shape index (κ2) is 5.46. The van der Waals surface area contributed by atoms with Crippen molar-refractivity contribution in [3.63, 3.8) is 0 Å². The molecule has 1 aromatic rings. The molecule has 0 aliphatic heterocycles. The molecule has 0 amide bonds. The lowest BCUT2D eigenvalue weighted by Crippen LogP contribution is -2.38. The molecular formula is C15H22O2. The van der Waals surface area contributed by atoms with Crippen LogP contribution in [0.15, 0.2) is 30.3 Å². The zero-order valence-electron chi connectivity index (χ0n) is 11.1. The Morgan fingerprint density at radius 3 is 2.18 bits per heavy atom. The summed E-state index contributed by atoms with van der Waals surface area (Å²) in [6.07, 6.45) is 0.0480. The van der Waals surface area contributed by atoms with E-state index in [1.165, 1.54) is 0 Å². The molecule has 17 heavy (non-hydrogen) atoms. The van der Waals surface area contributed by atoms with Gasteiger partial charge in [0.15, 0.2) is 5.78 Å². The molecule has 1 rings (SSSR count). The zero-order valence-corrected chi connectivity index (χ0v) is 11.1. The lowest BCUT2D eigenvalue weighted by molar-refractivity contribution is 0.0131. The number of hydrogen-bond acceptors (Lipinski definition) is 2. The molecule has 0 aliphatic carbocycles. The topological polar surface area (TPSA) is 37.3 Å². The summed E-state index contributed by atoms with van der Waals surface area (Å²) in [4.78, 5) is 12.3. The Hall–Kier alpha value is -1.15. The summed E-state index contributed by atoms with van der Waals surface area (Å²) in [7, 11) is 0. The summed E-state index contributed by atoms with van der Waals surface area (Å²) < 4.78 is 0. The zero-order chi connectivity index (χ0) is 13.1. The summed E-state index contributed by atoms with van der Waals surface area (Å²) in [6, 6.07) is 9.20. The lowest BCUT2D eigenvalue weighted by atomic mass is 9.77. The first-order valence-corrected chi connectivity index (χ1v) is 6.15. The summed E-state index contributed by atoms with van der Waals surface area (Å²) in [5.41, 5.74) is 0.410. The highest BCUT2D eigenvalue weighted by Crippen LogP contribution is 2.29. The molecule has 0 fully saturated rings. The molecular weight excluding hydrogens is 212 g/mol. The van der Waals surface area contributed by atoms with Gasteiger partial charge >= 0.3 is 0 Å². The van der Waals surface area contributed by atoms with E-state index in [9.17, 15) is 9.90 Å². The molecule has 0 saturated carbocycles. The van der Waals surface area contributed by atoms with E-state index in [1.54, 1.807) is 12.1 Å². The van der Waals surface area contributed by atoms with Gasteiger partial charge in [-0.3, -0.25) is 4.79 Å². The first-order valence-electron chi connectivity index (χ1n) is 6.15. The van der Waals surface area contributed by atoms with Gasteiger partial charge < -0.3 is 5.11 Å². The fourth-order valence-corrected chi connectivity index (χ4v) is 1.97. The highest BCUT2D eigenvalue weighted by atomic mass is 16.3. The van der Waals surface area contributed by atoms with Gasteiger partial charge in [-0.1, -0.05) is 58.0 Å². The number of hydrogen-bond donors (Lipinski definition) is 1. The van der Waals surface area contributed by atoms with Gasteiger partial charge in [-0.2, -0.15) is 0 Å². The van der Waals surface area contributed by atoms with E-state index in [0.29, 0.717) is 12.0 Å². The van der Waals surface area contributed by atoms with E-state index < -0.39 is 6.10 Å². The quantitative estimate of drug-likeness (QED) is 0.812. The van der Waals surface area contributed by atoms with Crippen LogP contribution in [0.2, 0.25) is 0 Å². The Bertz CT molecular complexity index is 362. The van der Waals surface area contributed by atoms with Gasteiger partial charge in [0.05, 0.1) is 6.10 Å². The maximum Gasteiger partial charge on any atom is 0.168 e. The Morgan fingerprint density at radius 1 is 1.24 bits per heavy atom. The van der Waals surface area contributed by atoms with Crippen LogP contribution < -0.4 is 0 Å². The molecule has 0 aliphatic rings. The van der Waals surface area contributed by atoms with Gasteiger partial charge in [0.1, 0.15) is 0 Å². The fourth-order valence-electron chi connectivity index (χ4n) is 1.97. The van der Waals surface area contributed by atoms with E-state index in [0.717, 1.165) is 0 Å². The van der Waals surface area contributed by atoms with Crippen LogP contribution in [-0.2, 0) is 0 Å². The Morgan fingerprint density at radius 2 is 1.76 bits per heavy atom. The molecule has 94 valence electrons. The molecule has 0 aromatic heterocycles. The predicted molar refractivity (Wildman–Crippen MR) is 70.0 cm³/mol. The van der Waals surface area contributed by atoms with Gasteiger partial charge in [0.2, 0.25) is 0 Å². The van der Waals surface area contributed by atoms with Crippen molar-refractivity contribution in [3.8, 4) is 0 Å². The van der Waals surface area contributed by atoms with Crippen molar-refractivity contribution in [1.82, 2.24) is 0 Å². The first-order chi connectivity index (χ1) is 7.88. The standard InChI is InChI=1S/C15H22O2/c1-5-12(14(17)15(2,3)4)13(16)11-9-7-6-8-10-11/h6-10,12,14,17H,5H2,1-4H3/t12-,14+/m0/s1. The average Bonchev–Trinajstić information content (AvgIpc) is 2.29. The third kappa shape index (κ3) is 3.40. The van der Waals surface area contributed by atoms with Crippen LogP contribution in [0.25, 0.3) is 0 Å². The van der Waals surface area contributed by atoms with Crippen LogP contribution in [0.5, 0.6) is 0 Å². The van der Waals surface area contributed by atoms with Crippen LogP contribution in [0.3, 0.4) is 0 Å². The SMILES string of the molecule is CC[C@@H](C(=O)c1ccccc1)[C@@H](O)C(C)(C)C. The number of benzene rings is 1. The highest BCUT2D eigenvalue weighted by Gasteiger charge is 2.34. The van der Waals surface area contributed by atoms with Crippen LogP contribution >= 0.6 is 0 Å². The summed E-state index contributed by atoms with van der Waals surface area (Å²) in [6.45, 7) is 7.82. The molecule has 2 atom stereocenters. The Balaban J connectivity index is 2.93. The van der Waals surface area contributed by atoms with Crippen molar-refractivity contribution in [2.45, 2.75) is 40.2 Å². The van der Waals surface area contributed by atoms with Crippen molar-refractivity contribution in [2.24, 2.45) is 11.3 Å². The van der Waals surface area contributed by atoms with Gasteiger partial charge in [-0.15, -0.1) is 0 Å². The van der Waals surface area contributed by atoms with E-state index in [4.69, 9.17) is 0 Å². The smallest absolute Gasteiger partial charge is 0.168 e.